The first-order valence-corrected chi connectivity index (χ1v) is 11.8. The van der Waals surface area contributed by atoms with Crippen molar-refractivity contribution < 1.29 is 13.6 Å². The Morgan fingerprint density at radius 2 is 1.82 bits per heavy atom. The number of rotatable bonds is 4. The number of carbonyl (C=O) groups excluding carboxylic acids is 1. The second kappa shape index (κ2) is 7.90. The third-order valence-corrected chi connectivity index (χ3v) is 7.95. The zero-order chi connectivity index (χ0) is 22.7. The Morgan fingerprint density at radius 1 is 1.06 bits per heavy atom. The molecule has 33 heavy (non-hydrogen) atoms. The van der Waals surface area contributed by atoms with E-state index in [2.05, 4.69) is 10.2 Å². The van der Waals surface area contributed by atoms with Crippen LogP contribution in [0.3, 0.4) is 0 Å². The molecule has 1 amide bonds. The maximum absolute atomic E-state index is 13.8. The topological polar surface area (TPSA) is 50.5 Å². The fourth-order valence-corrected chi connectivity index (χ4v) is 6.20. The lowest BCUT2D eigenvalue weighted by Crippen LogP contribution is -2.49. The molecule has 2 bridgehead atoms. The normalized spacial score (nSPS) is 28.3. The highest BCUT2D eigenvalue weighted by Crippen LogP contribution is 2.53. The Balaban J connectivity index is 1.22. The van der Waals surface area contributed by atoms with Crippen LogP contribution in [-0.4, -0.2) is 26.9 Å². The van der Waals surface area contributed by atoms with Crippen LogP contribution in [0.1, 0.15) is 37.3 Å². The van der Waals surface area contributed by atoms with E-state index < -0.39 is 17.7 Å². The van der Waals surface area contributed by atoms with Crippen LogP contribution < -0.4 is 0 Å². The van der Waals surface area contributed by atoms with Gasteiger partial charge in [-0.25, -0.2) is 13.8 Å². The first kappa shape index (κ1) is 20.8. The van der Waals surface area contributed by atoms with Crippen molar-refractivity contribution >= 4 is 34.6 Å². The number of hydrazone groups is 1. The molecular weight excluding hydrogens is 446 g/mol. The van der Waals surface area contributed by atoms with Gasteiger partial charge in [0.05, 0.1) is 11.6 Å². The Labute approximate surface area is 195 Å². The van der Waals surface area contributed by atoms with Gasteiger partial charge in [-0.1, -0.05) is 23.7 Å². The monoisotopic (exact) mass is 468 g/mol. The molecule has 0 saturated heterocycles. The Morgan fingerprint density at radius 3 is 2.61 bits per heavy atom. The molecule has 1 aromatic heterocycles. The fraction of sp³-hybridized carbons (Fsp3) is 0.400. The van der Waals surface area contributed by atoms with E-state index in [0.717, 1.165) is 42.8 Å². The lowest BCUT2D eigenvalue weighted by molar-refractivity contribution is -0.147. The number of nitrogens with zero attached hydrogens (tertiary/aromatic N) is 4. The van der Waals surface area contributed by atoms with E-state index in [1.54, 1.807) is 6.21 Å². The fourth-order valence-electron chi connectivity index (χ4n) is 5.95. The molecule has 1 aliphatic heterocycles. The molecule has 3 aliphatic carbocycles. The maximum Gasteiger partial charge on any atom is 0.246 e. The van der Waals surface area contributed by atoms with Crippen LogP contribution in [0, 0.1) is 35.3 Å². The first-order valence-electron chi connectivity index (χ1n) is 11.4. The molecule has 7 rings (SSSR count). The van der Waals surface area contributed by atoms with Crippen LogP contribution in [0.2, 0.25) is 5.15 Å². The molecule has 3 saturated carbocycles. The van der Waals surface area contributed by atoms with Crippen LogP contribution in [0.5, 0.6) is 0 Å². The molecule has 2 heterocycles. The number of para-hydroxylation sites is 1. The molecule has 4 aliphatic rings. The summed E-state index contributed by atoms with van der Waals surface area (Å²) in [5, 5.41) is 11.7. The van der Waals surface area contributed by atoms with Crippen molar-refractivity contribution in [2.24, 2.45) is 28.8 Å². The van der Waals surface area contributed by atoms with Crippen molar-refractivity contribution in [2.45, 2.75) is 38.3 Å². The molecule has 3 fully saturated rings. The summed E-state index contributed by atoms with van der Waals surface area (Å²) in [4.78, 5) is 13.6. The maximum atomic E-state index is 13.8. The van der Waals surface area contributed by atoms with Gasteiger partial charge in [0.25, 0.3) is 0 Å². The standard InChI is InChI=1S/C25H23ClF2N4O/c26-24-20-3-1-2-4-23(20)31(30-24)13-17-11-21(15-7-14(17)8-15)25(33)32-22(5-6-29-32)16-9-18(27)12-19(28)10-16/h1-4,6,9-10,12,14-15,17,21-22H,5,7-8,11,13H2. The number of fused-ring (bicyclic) bond motifs is 3. The molecule has 3 unspecified atom stereocenters. The average Bonchev–Trinajstić information content (AvgIpc) is 3.37. The predicted molar refractivity (Wildman–Crippen MR) is 122 cm³/mol. The van der Waals surface area contributed by atoms with Gasteiger partial charge in [-0.2, -0.15) is 10.2 Å². The van der Waals surface area contributed by atoms with Crippen molar-refractivity contribution in [1.29, 1.82) is 0 Å². The van der Waals surface area contributed by atoms with Gasteiger partial charge in [0.2, 0.25) is 5.91 Å². The lowest BCUT2D eigenvalue weighted by atomic mass is 9.55. The quantitative estimate of drug-likeness (QED) is 0.501. The molecule has 0 radical (unpaired) electrons. The van der Waals surface area contributed by atoms with E-state index >= 15 is 0 Å². The second-order valence-corrected chi connectivity index (χ2v) is 9.88. The number of carbonyl (C=O) groups is 1. The van der Waals surface area contributed by atoms with Gasteiger partial charge in [0, 0.05) is 36.6 Å². The summed E-state index contributed by atoms with van der Waals surface area (Å²) in [5.41, 5.74) is 1.44. The third kappa shape index (κ3) is 3.53. The number of hydrogen-bond acceptors (Lipinski definition) is 3. The smallest absolute Gasteiger partial charge is 0.246 e. The van der Waals surface area contributed by atoms with Crippen LogP contribution in [0.4, 0.5) is 8.78 Å². The van der Waals surface area contributed by atoms with Gasteiger partial charge in [-0.05, 0) is 66.8 Å². The molecule has 170 valence electrons. The molecule has 0 N–H and O–H groups in total. The highest BCUT2D eigenvalue weighted by molar-refractivity contribution is 6.34. The zero-order valence-electron chi connectivity index (χ0n) is 17.9. The molecule has 5 nitrogen and oxygen atoms in total. The van der Waals surface area contributed by atoms with Crippen LogP contribution >= 0.6 is 11.6 Å². The number of benzene rings is 2. The number of halogens is 3. The van der Waals surface area contributed by atoms with E-state index in [0.29, 0.717) is 34.9 Å². The summed E-state index contributed by atoms with van der Waals surface area (Å²) >= 11 is 6.34. The predicted octanol–water partition coefficient (Wildman–Crippen LogP) is 5.59. The Bertz CT molecular complexity index is 1250. The SMILES string of the molecule is O=C(C1CC(Cn2nc(Cl)c3ccccc32)C2CC1C2)N1N=CCC1c1cc(F)cc(F)c1. The van der Waals surface area contributed by atoms with E-state index in [1.807, 2.05) is 28.9 Å². The Kier molecular flexibility index (Phi) is 4.98. The first-order chi connectivity index (χ1) is 16.0. The summed E-state index contributed by atoms with van der Waals surface area (Å²) in [7, 11) is 0. The van der Waals surface area contributed by atoms with E-state index in [9.17, 15) is 13.6 Å². The number of hydrogen-bond donors (Lipinski definition) is 0. The van der Waals surface area contributed by atoms with Gasteiger partial charge in [-0.15, -0.1) is 0 Å². The summed E-state index contributed by atoms with van der Waals surface area (Å²) in [6.07, 6.45) is 4.91. The minimum atomic E-state index is -0.644. The zero-order valence-corrected chi connectivity index (χ0v) is 18.6. The van der Waals surface area contributed by atoms with Crippen molar-refractivity contribution in [3.05, 3.63) is 64.8 Å². The molecular formula is C25H23ClF2N4O. The summed E-state index contributed by atoms with van der Waals surface area (Å²) in [6, 6.07) is 10.9. The van der Waals surface area contributed by atoms with Crippen molar-refractivity contribution in [1.82, 2.24) is 14.8 Å². The van der Waals surface area contributed by atoms with Crippen molar-refractivity contribution in [2.75, 3.05) is 0 Å². The van der Waals surface area contributed by atoms with Crippen molar-refractivity contribution in [3.8, 4) is 0 Å². The highest BCUT2D eigenvalue weighted by atomic mass is 35.5. The largest absolute Gasteiger partial charge is 0.273 e. The van der Waals surface area contributed by atoms with E-state index in [4.69, 9.17) is 11.6 Å². The molecule has 2 aromatic carbocycles. The van der Waals surface area contributed by atoms with Gasteiger partial charge in [0.15, 0.2) is 5.15 Å². The van der Waals surface area contributed by atoms with Gasteiger partial charge >= 0.3 is 0 Å². The number of aromatic nitrogens is 2. The van der Waals surface area contributed by atoms with Crippen LogP contribution in [0.15, 0.2) is 47.6 Å². The van der Waals surface area contributed by atoms with E-state index in [-0.39, 0.29) is 11.8 Å². The van der Waals surface area contributed by atoms with Gasteiger partial charge < -0.3 is 0 Å². The summed E-state index contributed by atoms with van der Waals surface area (Å²) in [6.45, 7) is 0.718. The average molecular weight is 469 g/mol. The van der Waals surface area contributed by atoms with E-state index in [1.165, 1.54) is 17.1 Å². The molecule has 8 heteroatoms. The van der Waals surface area contributed by atoms with Crippen LogP contribution in [0.25, 0.3) is 10.9 Å². The minimum Gasteiger partial charge on any atom is -0.273 e. The van der Waals surface area contributed by atoms with Crippen LogP contribution in [-0.2, 0) is 11.3 Å². The molecule has 3 atom stereocenters. The minimum absolute atomic E-state index is 0.0464. The summed E-state index contributed by atoms with van der Waals surface area (Å²) in [5.74, 6) is -0.236. The second-order valence-electron chi connectivity index (χ2n) is 9.52. The number of amides is 1. The third-order valence-electron chi connectivity index (χ3n) is 7.67. The lowest BCUT2D eigenvalue weighted by Gasteiger charge is -2.51. The summed E-state index contributed by atoms with van der Waals surface area (Å²) < 4.78 is 29.6. The van der Waals surface area contributed by atoms with Crippen molar-refractivity contribution in [3.63, 3.8) is 0 Å². The van der Waals surface area contributed by atoms with Gasteiger partial charge in [0.1, 0.15) is 11.6 Å². The molecule has 0 spiro atoms. The Hall–Kier alpha value is -2.80. The van der Waals surface area contributed by atoms with Gasteiger partial charge in [-0.3, -0.25) is 9.48 Å². The highest BCUT2D eigenvalue weighted by Gasteiger charge is 2.50. The molecule has 3 aromatic rings.